The zero-order valence-electron chi connectivity index (χ0n) is 16.2. The summed E-state index contributed by atoms with van der Waals surface area (Å²) in [7, 11) is 0. The number of urea groups is 1. The molecule has 6 nitrogen and oxygen atoms in total. The van der Waals surface area contributed by atoms with E-state index in [9.17, 15) is 13.6 Å². The number of halogens is 2. The number of rotatable bonds is 7. The van der Waals surface area contributed by atoms with E-state index >= 15 is 0 Å². The van der Waals surface area contributed by atoms with Crippen LogP contribution >= 0.6 is 11.8 Å². The minimum absolute atomic E-state index is 0.00323. The number of carbonyl (C=O) groups excluding carboxylic acids is 1. The smallest absolute Gasteiger partial charge is 0.330 e. The first-order valence-corrected chi connectivity index (χ1v) is 10.6. The lowest BCUT2D eigenvalue weighted by Crippen LogP contribution is -2.46. The molecule has 0 aromatic heterocycles. The molecule has 1 aliphatic carbocycles. The summed E-state index contributed by atoms with van der Waals surface area (Å²) in [5, 5.41) is 5.90. The Kier molecular flexibility index (Phi) is 6.03. The Bertz CT molecular complexity index is 955. The zero-order valence-corrected chi connectivity index (χ0v) is 17.0. The Morgan fingerprint density at radius 1 is 1.27 bits per heavy atom. The van der Waals surface area contributed by atoms with Crippen molar-refractivity contribution in [1.29, 1.82) is 0 Å². The summed E-state index contributed by atoms with van der Waals surface area (Å²) < 4.78 is 28.3. The van der Waals surface area contributed by atoms with Crippen molar-refractivity contribution in [1.82, 2.24) is 10.5 Å². The van der Waals surface area contributed by atoms with Crippen LogP contribution in [0, 0.1) is 11.6 Å². The van der Waals surface area contributed by atoms with Gasteiger partial charge in [0.25, 0.3) is 0 Å². The van der Waals surface area contributed by atoms with Gasteiger partial charge in [-0.05, 0) is 56.0 Å². The third kappa shape index (κ3) is 4.19. The molecule has 4 rings (SSSR count). The van der Waals surface area contributed by atoms with Crippen LogP contribution < -0.4 is 11.2 Å². The van der Waals surface area contributed by atoms with Crippen LogP contribution in [-0.2, 0) is 9.71 Å². The normalized spacial score (nSPS) is 20.9. The van der Waals surface area contributed by atoms with Crippen molar-refractivity contribution in [3.8, 4) is 0 Å². The fraction of sp³-hybridized carbons (Fsp3) is 0.333. The molecule has 2 aliphatic rings. The van der Waals surface area contributed by atoms with Gasteiger partial charge in [-0.15, -0.1) is 0 Å². The third-order valence-corrected chi connectivity index (χ3v) is 6.38. The molecule has 2 amide bonds. The summed E-state index contributed by atoms with van der Waals surface area (Å²) in [6, 6.07) is 12.0. The van der Waals surface area contributed by atoms with E-state index < -0.39 is 22.5 Å². The fourth-order valence-electron chi connectivity index (χ4n) is 3.26. The number of hydrogen-bond acceptors (Lipinski definition) is 5. The molecule has 1 saturated carbocycles. The molecule has 30 heavy (non-hydrogen) atoms. The van der Waals surface area contributed by atoms with Gasteiger partial charge in [0.15, 0.2) is 0 Å². The quantitative estimate of drug-likeness (QED) is 0.647. The second-order valence-electron chi connectivity index (χ2n) is 7.21. The molecule has 1 aliphatic heterocycles. The van der Waals surface area contributed by atoms with Crippen LogP contribution in [0.25, 0.3) is 0 Å². The van der Waals surface area contributed by atoms with Crippen LogP contribution in [0.1, 0.15) is 36.8 Å². The van der Waals surface area contributed by atoms with Crippen molar-refractivity contribution in [3.63, 3.8) is 0 Å². The Morgan fingerprint density at radius 3 is 2.73 bits per heavy atom. The van der Waals surface area contributed by atoms with Crippen molar-refractivity contribution in [2.45, 2.75) is 36.7 Å². The lowest BCUT2D eigenvalue weighted by atomic mass is 10.0. The Morgan fingerprint density at radius 2 is 2.03 bits per heavy atom. The SMILES string of the molecule is NCCCC1(c2ccccc2)SC(c2cc(F)ccc2F)=NN1C(=O)NOC1CC1. The van der Waals surface area contributed by atoms with E-state index in [1.54, 1.807) is 0 Å². The molecule has 1 atom stereocenters. The molecule has 0 radical (unpaired) electrons. The lowest BCUT2D eigenvalue weighted by Gasteiger charge is -2.35. The number of benzene rings is 2. The minimum Gasteiger partial charge on any atom is -0.330 e. The van der Waals surface area contributed by atoms with Gasteiger partial charge in [-0.3, -0.25) is 4.84 Å². The Labute approximate surface area is 177 Å². The zero-order chi connectivity index (χ0) is 21.1. The molecule has 1 fully saturated rings. The average molecular weight is 432 g/mol. The highest BCUT2D eigenvalue weighted by atomic mass is 32.2. The van der Waals surface area contributed by atoms with E-state index in [0.29, 0.717) is 19.4 Å². The Balaban J connectivity index is 1.75. The van der Waals surface area contributed by atoms with E-state index in [-0.39, 0.29) is 16.7 Å². The summed E-state index contributed by atoms with van der Waals surface area (Å²) in [5.41, 5.74) is 9.03. The predicted octanol–water partition coefficient (Wildman–Crippen LogP) is 4.07. The highest BCUT2D eigenvalue weighted by Crippen LogP contribution is 2.50. The molecule has 9 heteroatoms. The minimum atomic E-state index is -0.967. The number of nitrogens with zero attached hydrogens (tertiary/aromatic N) is 2. The number of thioether (sulfide) groups is 1. The topological polar surface area (TPSA) is 80.0 Å². The summed E-state index contributed by atoms with van der Waals surface area (Å²) in [6.45, 7) is 0.410. The number of nitrogens with two attached hydrogens (primary N) is 1. The molecule has 0 bridgehead atoms. The Hall–Kier alpha value is -2.49. The van der Waals surface area contributed by atoms with Gasteiger partial charge in [-0.25, -0.2) is 19.1 Å². The first-order chi connectivity index (χ1) is 14.5. The van der Waals surface area contributed by atoms with E-state index in [0.717, 1.165) is 36.6 Å². The highest BCUT2D eigenvalue weighted by Gasteiger charge is 2.49. The van der Waals surface area contributed by atoms with E-state index in [1.165, 1.54) is 16.8 Å². The van der Waals surface area contributed by atoms with Gasteiger partial charge in [0.2, 0.25) is 0 Å². The van der Waals surface area contributed by atoms with Crippen LogP contribution in [0.5, 0.6) is 0 Å². The number of nitrogens with one attached hydrogen (secondary N) is 1. The van der Waals surface area contributed by atoms with Crippen LogP contribution in [0.3, 0.4) is 0 Å². The van der Waals surface area contributed by atoms with Crippen molar-refractivity contribution >= 4 is 22.8 Å². The molecular weight excluding hydrogens is 410 g/mol. The van der Waals surface area contributed by atoms with Gasteiger partial charge in [0.05, 0.1) is 6.10 Å². The van der Waals surface area contributed by atoms with Crippen molar-refractivity contribution < 1.29 is 18.4 Å². The van der Waals surface area contributed by atoms with Gasteiger partial charge < -0.3 is 5.73 Å². The predicted molar refractivity (Wildman–Crippen MR) is 111 cm³/mol. The largest absolute Gasteiger partial charge is 0.363 e. The number of hydrogen-bond donors (Lipinski definition) is 2. The van der Waals surface area contributed by atoms with Crippen LogP contribution in [0.4, 0.5) is 13.6 Å². The van der Waals surface area contributed by atoms with Gasteiger partial charge in [0.1, 0.15) is 21.5 Å². The first kappa shape index (κ1) is 20.8. The van der Waals surface area contributed by atoms with Gasteiger partial charge in [-0.1, -0.05) is 42.1 Å². The number of carbonyl (C=O) groups is 1. The fourth-order valence-corrected chi connectivity index (χ4v) is 4.68. The van der Waals surface area contributed by atoms with Gasteiger partial charge >= 0.3 is 6.03 Å². The van der Waals surface area contributed by atoms with Crippen molar-refractivity contribution in [2.75, 3.05) is 6.54 Å². The second-order valence-corrected chi connectivity index (χ2v) is 8.48. The third-order valence-electron chi connectivity index (χ3n) is 4.93. The summed E-state index contributed by atoms with van der Waals surface area (Å²) in [4.78, 5) is 17.4. The maximum Gasteiger partial charge on any atom is 0.363 e. The summed E-state index contributed by atoms with van der Waals surface area (Å²) in [6.07, 6.45) is 2.84. The number of amides is 2. The molecule has 1 heterocycles. The van der Waals surface area contributed by atoms with E-state index in [2.05, 4.69) is 10.6 Å². The van der Waals surface area contributed by atoms with Crippen LogP contribution in [0.15, 0.2) is 53.6 Å². The monoisotopic (exact) mass is 432 g/mol. The molecular formula is C21H22F2N4O2S. The molecule has 0 saturated heterocycles. The molecule has 158 valence electrons. The average Bonchev–Trinajstić information content (AvgIpc) is 3.51. The molecule has 2 aromatic rings. The maximum absolute atomic E-state index is 14.5. The molecule has 1 unspecified atom stereocenters. The van der Waals surface area contributed by atoms with E-state index in [4.69, 9.17) is 10.6 Å². The molecule has 3 N–H and O–H groups in total. The van der Waals surface area contributed by atoms with Gasteiger partial charge in [-0.2, -0.15) is 10.1 Å². The number of hydrazone groups is 1. The molecule has 2 aromatic carbocycles. The second kappa shape index (κ2) is 8.71. The first-order valence-electron chi connectivity index (χ1n) is 9.78. The van der Waals surface area contributed by atoms with Crippen LogP contribution in [0.2, 0.25) is 0 Å². The maximum atomic E-state index is 14.5. The summed E-state index contributed by atoms with van der Waals surface area (Å²) >= 11 is 1.21. The standard InChI is InChI=1S/C21H22F2N4O2S/c22-15-7-10-18(23)17(13-15)19-25-27(20(28)26-29-16-8-9-16)21(30-19,11-4-12-24)14-5-2-1-3-6-14/h1-3,5-7,10,13,16H,4,8-9,11-12,24H2,(H,26,28). The van der Waals surface area contributed by atoms with Gasteiger partial charge in [0, 0.05) is 5.56 Å². The molecule has 0 spiro atoms. The highest BCUT2D eigenvalue weighted by molar-refractivity contribution is 8.15. The summed E-state index contributed by atoms with van der Waals surface area (Å²) in [5.74, 6) is -1.19. The van der Waals surface area contributed by atoms with Crippen molar-refractivity contribution in [3.05, 3.63) is 71.3 Å². The number of hydroxylamine groups is 1. The lowest BCUT2D eigenvalue weighted by molar-refractivity contribution is 0.0286. The van der Waals surface area contributed by atoms with Crippen LogP contribution in [-0.4, -0.2) is 28.7 Å². The van der Waals surface area contributed by atoms with E-state index in [1.807, 2.05) is 30.3 Å². The van der Waals surface area contributed by atoms with Crippen molar-refractivity contribution in [2.24, 2.45) is 10.8 Å².